The minimum atomic E-state index is -0.656. The van der Waals surface area contributed by atoms with Crippen LogP contribution in [0.4, 0.5) is 5.69 Å². The maximum atomic E-state index is 12.3. The Bertz CT molecular complexity index is 940. The van der Waals surface area contributed by atoms with Crippen molar-refractivity contribution in [3.63, 3.8) is 0 Å². The smallest absolute Gasteiger partial charge is 0.342 e. The van der Waals surface area contributed by atoms with Crippen molar-refractivity contribution in [3.05, 3.63) is 53.1 Å². The number of para-hydroxylation sites is 1. The maximum absolute atomic E-state index is 12.3. The number of aromatic nitrogens is 4. The van der Waals surface area contributed by atoms with Crippen LogP contribution in [0.15, 0.2) is 36.8 Å². The fourth-order valence-corrected chi connectivity index (χ4v) is 2.48. The van der Waals surface area contributed by atoms with E-state index in [0.717, 1.165) is 0 Å². The summed E-state index contributed by atoms with van der Waals surface area (Å²) >= 11 is 5.96. The van der Waals surface area contributed by atoms with Crippen LogP contribution in [-0.4, -0.2) is 38.1 Å². The molecule has 0 spiro atoms. The molecule has 0 unspecified atom stereocenters. The summed E-state index contributed by atoms with van der Waals surface area (Å²) in [7, 11) is 0. The van der Waals surface area contributed by atoms with E-state index in [1.807, 2.05) is 6.92 Å². The predicted octanol–water partition coefficient (Wildman–Crippen LogP) is 2.14. The number of ether oxygens (including phenoxy) is 1. The standard InChI is InChI=1S/C16H14ClN5O3/c1-2-13-10(7-18-16-19-9-20-22(13)16)15(24)25-8-14(23)21-12-6-4-3-5-11(12)17/h3-7,9H,2,8H2,1H3,(H,21,23). The number of amides is 1. The van der Waals surface area contributed by atoms with E-state index in [0.29, 0.717) is 28.6 Å². The number of benzene rings is 1. The van der Waals surface area contributed by atoms with Crippen molar-refractivity contribution in [1.82, 2.24) is 19.6 Å². The molecule has 128 valence electrons. The molecule has 0 aliphatic rings. The van der Waals surface area contributed by atoms with Gasteiger partial charge in [-0.2, -0.15) is 10.1 Å². The fraction of sp³-hybridized carbons (Fsp3) is 0.188. The summed E-state index contributed by atoms with van der Waals surface area (Å²) in [5, 5.41) is 7.01. The first-order valence-corrected chi connectivity index (χ1v) is 7.87. The zero-order valence-corrected chi connectivity index (χ0v) is 14.0. The molecular formula is C16H14ClN5O3. The van der Waals surface area contributed by atoms with Gasteiger partial charge in [0.25, 0.3) is 11.7 Å². The van der Waals surface area contributed by atoms with Crippen molar-refractivity contribution in [2.45, 2.75) is 13.3 Å². The lowest BCUT2D eigenvalue weighted by molar-refractivity contribution is -0.119. The van der Waals surface area contributed by atoms with E-state index >= 15 is 0 Å². The van der Waals surface area contributed by atoms with Crippen molar-refractivity contribution >= 4 is 34.9 Å². The Kier molecular flexibility index (Phi) is 4.90. The summed E-state index contributed by atoms with van der Waals surface area (Å²) < 4.78 is 6.55. The van der Waals surface area contributed by atoms with E-state index in [4.69, 9.17) is 16.3 Å². The SMILES string of the molecule is CCc1c(C(=O)OCC(=O)Nc2ccccc2Cl)cnc2ncnn12. The van der Waals surface area contributed by atoms with Gasteiger partial charge in [-0.25, -0.2) is 14.3 Å². The number of nitrogens with one attached hydrogen (secondary N) is 1. The highest BCUT2D eigenvalue weighted by Crippen LogP contribution is 2.20. The van der Waals surface area contributed by atoms with Crippen molar-refractivity contribution < 1.29 is 14.3 Å². The lowest BCUT2D eigenvalue weighted by Gasteiger charge is -2.10. The van der Waals surface area contributed by atoms with E-state index in [9.17, 15) is 9.59 Å². The molecule has 3 aromatic rings. The van der Waals surface area contributed by atoms with Gasteiger partial charge in [-0.1, -0.05) is 30.7 Å². The largest absolute Gasteiger partial charge is 0.452 e. The zero-order chi connectivity index (χ0) is 17.8. The van der Waals surface area contributed by atoms with Gasteiger partial charge in [-0.15, -0.1) is 0 Å². The van der Waals surface area contributed by atoms with Crippen molar-refractivity contribution in [2.75, 3.05) is 11.9 Å². The van der Waals surface area contributed by atoms with Gasteiger partial charge in [0.1, 0.15) is 6.33 Å². The molecule has 25 heavy (non-hydrogen) atoms. The first-order chi connectivity index (χ1) is 12.1. The average molecular weight is 360 g/mol. The molecule has 0 fully saturated rings. The Hall–Kier alpha value is -3.00. The van der Waals surface area contributed by atoms with Gasteiger partial charge >= 0.3 is 5.97 Å². The molecule has 1 N–H and O–H groups in total. The number of rotatable bonds is 5. The van der Waals surface area contributed by atoms with Crippen LogP contribution in [0.1, 0.15) is 23.0 Å². The quantitative estimate of drug-likeness (QED) is 0.701. The molecule has 2 aromatic heterocycles. The predicted molar refractivity (Wildman–Crippen MR) is 90.5 cm³/mol. The summed E-state index contributed by atoms with van der Waals surface area (Å²) in [4.78, 5) is 32.2. The molecule has 3 rings (SSSR count). The van der Waals surface area contributed by atoms with Crippen LogP contribution < -0.4 is 5.32 Å². The minimum absolute atomic E-state index is 0.242. The topological polar surface area (TPSA) is 98.5 Å². The Morgan fingerprint density at radius 2 is 2.08 bits per heavy atom. The van der Waals surface area contributed by atoms with Crippen molar-refractivity contribution in [2.24, 2.45) is 0 Å². The van der Waals surface area contributed by atoms with Crippen molar-refractivity contribution in [1.29, 1.82) is 0 Å². The number of halogens is 1. The molecule has 0 saturated carbocycles. The number of aryl methyl sites for hydroxylation is 1. The Labute approximate surface area is 147 Å². The number of hydrogen-bond donors (Lipinski definition) is 1. The summed E-state index contributed by atoms with van der Waals surface area (Å²) in [6, 6.07) is 6.78. The second-order valence-electron chi connectivity index (χ2n) is 5.05. The van der Waals surface area contributed by atoms with Crippen LogP contribution in [0.2, 0.25) is 5.02 Å². The first-order valence-electron chi connectivity index (χ1n) is 7.49. The van der Waals surface area contributed by atoms with Gasteiger partial charge in [0.05, 0.1) is 22.0 Å². The number of hydrogen-bond acceptors (Lipinski definition) is 6. The molecule has 1 aromatic carbocycles. The van der Waals surface area contributed by atoms with Gasteiger partial charge in [0, 0.05) is 6.20 Å². The van der Waals surface area contributed by atoms with Crippen LogP contribution in [0.3, 0.4) is 0 Å². The van der Waals surface area contributed by atoms with Gasteiger partial charge in [0.2, 0.25) is 0 Å². The summed E-state index contributed by atoms with van der Waals surface area (Å²) in [6.07, 6.45) is 3.25. The average Bonchev–Trinajstić information content (AvgIpc) is 3.09. The number of carbonyl (C=O) groups is 2. The lowest BCUT2D eigenvalue weighted by Crippen LogP contribution is -2.22. The molecule has 9 heteroatoms. The van der Waals surface area contributed by atoms with Crippen LogP contribution in [0, 0.1) is 0 Å². The summed E-state index contributed by atoms with van der Waals surface area (Å²) in [5.41, 5.74) is 1.30. The van der Waals surface area contributed by atoms with E-state index in [1.165, 1.54) is 17.0 Å². The molecule has 0 saturated heterocycles. The molecule has 0 radical (unpaired) electrons. The highest BCUT2D eigenvalue weighted by Gasteiger charge is 2.18. The summed E-state index contributed by atoms with van der Waals surface area (Å²) in [5.74, 6) is -0.754. The second-order valence-corrected chi connectivity index (χ2v) is 5.46. The highest BCUT2D eigenvalue weighted by molar-refractivity contribution is 6.33. The van der Waals surface area contributed by atoms with Crippen LogP contribution in [0.25, 0.3) is 5.78 Å². The Morgan fingerprint density at radius 3 is 2.84 bits per heavy atom. The molecule has 0 aliphatic heterocycles. The van der Waals surface area contributed by atoms with Gasteiger partial charge < -0.3 is 10.1 Å². The minimum Gasteiger partial charge on any atom is -0.452 e. The van der Waals surface area contributed by atoms with E-state index in [2.05, 4.69) is 20.4 Å². The molecule has 0 aliphatic carbocycles. The number of anilines is 1. The fourth-order valence-electron chi connectivity index (χ4n) is 2.29. The maximum Gasteiger partial charge on any atom is 0.342 e. The zero-order valence-electron chi connectivity index (χ0n) is 13.3. The monoisotopic (exact) mass is 359 g/mol. The molecule has 2 heterocycles. The molecular weight excluding hydrogens is 346 g/mol. The third-order valence-electron chi connectivity index (χ3n) is 3.44. The number of carbonyl (C=O) groups excluding carboxylic acids is 2. The molecule has 0 atom stereocenters. The van der Waals surface area contributed by atoms with Gasteiger partial charge in [-0.3, -0.25) is 4.79 Å². The Balaban J connectivity index is 1.68. The molecule has 8 nitrogen and oxygen atoms in total. The van der Waals surface area contributed by atoms with Crippen LogP contribution >= 0.6 is 11.6 Å². The number of nitrogens with zero attached hydrogens (tertiary/aromatic N) is 4. The second kappa shape index (κ2) is 7.27. The number of esters is 1. The van der Waals surface area contributed by atoms with Gasteiger partial charge in [0.15, 0.2) is 6.61 Å². The lowest BCUT2D eigenvalue weighted by atomic mass is 10.2. The molecule has 0 bridgehead atoms. The van der Waals surface area contributed by atoms with E-state index in [1.54, 1.807) is 24.3 Å². The Morgan fingerprint density at radius 1 is 1.28 bits per heavy atom. The normalized spacial score (nSPS) is 10.6. The van der Waals surface area contributed by atoms with Gasteiger partial charge in [-0.05, 0) is 18.6 Å². The van der Waals surface area contributed by atoms with E-state index < -0.39 is 18.5 Å². The summed E-state index contributed by atoms with van der Waals surface area (Å²) in [6.45, 7) is 1.43. The first kappa shape index (κ1) is 16.8. The third kappa shape index (κ3) is 3.58. The van der Waals surface area contributed by atoms with Crippen molar-refractivity contribution in [3.8, 4) is 0 Å². The third-order valence-corrected chi connectivity index (χ3v) is 3.77. The molecule has 1 amide bonds. The van der Waals surface area contributed by atoms with Crippen LogP contribution in [-0.2, 0) is 16.0 Å². The van der Waals surface area contributed by atoms with Crippen LogP contribution in [0.5, 0.6) is 0 Å². The highest BCUT2D eigenvalue weighted by atomic mass is 35.5. The van der Waals surface area contributed by atoms with E-state index in [-0.39, 0.29) is 5.56 Å². The number of fused-ring (bicyclic) bond motifs is 1.